The van der Waals surface area contributed by atoms with Crippen molar-refractivity contribution in [2.45, 2.75) is 6.18 Å². The first-order chi connectivity index (χ1) is 13.4. The number of H-pyrrole nitrogens is 1. The van der Waals surface area contributed by atoms with Gasteiger partial charge in [0, 0.05) is 29.5 Å². The lowest BCUT2D eigenvalue weighted by Gasteiger charge is -2.09. The minimum atomic E-state index is -5.07. The Labute approximate surface area is 155 Å². The third-order valence-corrected chi connectivity index (χ3v) is 3.92. The Morgan fingerprint density at radius 1 is 1.18 bits per heavy atom. The topological polar surface area (TPSA) is 84.8 Å². The van der Waals surface area contributed by atoms with E-state index in [1.807, 2.05) is 17.6 Å². The van der Waals surface area contributed by atoms with Crippen molar-refractivity contribution in [2.24, 2.45) is 0 Å². The quantitative estimate of drug-likeness (QED) is 0.520. The second kappa shape index (κ2) is 6.72. The molecule has 0 fully saturated rings. The predicted octanol–water partition coefficient (Wildman–Crippen LogP) is 3.85. The molecule has 10 heteroatoms. The Bertz CT molecular complexity index is 1150. The van der Waals surface area contributed by atoms with Crippen molar-refractivity contribution in [2.75, 3.05) is 5.48 Å². The summed E-state index contributed by atoms with van der Waals surface area (Å²) >= 11 is 0. The predicted molar refractivity (Wildman–Crippen MR) is 94.4 cm³/mol. The molecule has 0 spiro atoms. The number of alkyl halides is 3. The van der Waals surface area contributed by atoms with Gasteiger partial charge < -0.3 is 9.82 Å². The van der Waals surface area contributed by atoms with Crippen LogP contribution in [-0.4, -0.2) is 31.9 Å². The van der Waals surface area contributed by atoms with E-state index in [2.05, 4.69) is 19.9 Å². The molecule has 0 unspecified atom stereocenters. The van der Waals surface area contributed by atoms with Crippen LogP contribution in [0.4, 0.5) is 18.9 Å². The van der Waals surface area contributed by atoms with Crippen molar-refractivity contribution in [3.63, 3.8) is 0 Å². The van der Waals surface area contributed by atoms with Gasteiger partial charge in [-0.1, -0.05) is 12.1 Å². The van der Waals surface area contributed by atoms with Crippen LogP contribution in [0.5, 0.6) is 0 Å². The normalized spacial score (nSPS) is 11.5. The lowest BCUT2D eigenvalue weighted by molar-refractivity contribution is -0.196. The van der Waals surface area contributed by atoms with E-state index in [-0.39, 0.29) is 5.69 Å². The fourth-order valence-electron chi connectivity index (χ4n) is 2.66. The van der Waals surface area contributed by atoms with E-state index in [9.17, 15) is 18.0 Å². The van der Waals surface area contributed by atoms with Gasteiger partial charge in [0.05, 0.1) is 17.1 Å². The number of fused-ring (bicyclic) bond motifs is 1. The molecule has 7 nitrogen and oxygen atoms in total. The summed E-state index contributed by atoms with van der Waals surface area (Å²) in [5.41, 5.74) is 4.96. The summed E-state index contributed by atoms with van der Waals surface area (Å²) in [6.45, 7) is 0. The lowest BCUT2D eigenvalue weighted by atomic mass is 10.1. The Morgan fingerprint density at radius 2 is 2.04 bits per heavy atom. The molecular weight excluding hydrogens is 375 g/mol. The molecule has 1 aromatic carbocycles. The molecule has 3 aromatic heterocycles. The molecular formula is C18H12F3N5O2. The number of carbonyl (C=O) groups is 1. The van der Waals surface area contributed by atoms with Crippen LogP contribution in [0.2, 0.25) is 0 Å². The minimum Gasteiger partial charge on any atom is -0.346 e. The van der Waals surface area contributed by atoms with E-state index in [1.165, 1.54) is 12.1 Å². The second-order valence-electron chi connectivity index (χ2n) is 5.79. The number of nitrogens with zero attached hydrogens (tertiary/aromatic N) is 3. The average molecular weight is 387 g/mol. The number of carbonyl (C=O) groups excluding carboxylic acids is 1. The first-order valence-electron chi connectivity index (χ1n) is 8.04. The number of benzene rings is 1. The number of halogens is 3. The molecule has 0 aliphatic rings. The van der Waals surface area contributed by atoms with Crippen LogP contribution in [-0.2, 0) is 9.63 Å². The first-order valence-corrected chi connectivity index (χ1v) is 8.04. The summed E-state index contributed by atoms with van der Waals surface area (Å²) < 4.78 is 38.3. The van der Waals surface area contributed by atoms with Gasteiger partial charge in [-0.3, -0.25) is 0 Å². The Hall–Kier alpha value is -3.82. The number of hydrogen-bond donors (Lipinski definition) is 2. The third kappa shape index (κ3) is 3.39. The minimum absolute atomic E-state index is 0.182. The van der Waals surface area contributed by atoms with Gasteiger partial charge in [-0.2, -0.15) is 18.3 Å². The van der Waals surface area contributed by atoms with Crippen LogP contribution in [0.3, 0.4) is 0 Å². The van der Waals surface area contributed by atoms with Crippen LogP contribution in [0.1, 0.15) is 0 Å². The Balaban J connectivity index is 1.58. The van der Waals surface area contributed by atoms with E-state index >= 15 is 0 Å². The maximum absolute atomic E-state index is 12.2. The molecule has 0 radical (unpaired) electrons. The second-order valence-corrected chi connectivity index (χ2v) is 5.79. The summed E-state index contributed by atoms with van der Waals surface area (Å²) in [5.74, 6) is -2.32. The number of anilines is 1. The summed E-state index contributed by atoms with van der Waals surface area (Å²) in [6.07, 6.45) is 0.135. The molecule has 0 saturated carbocycles. The number of nitrogens with one attached hydrogen (secondary N) is 2. The molecule has 4 rings (SSSR count). The smallest absolute Gasteiger partial charge is 0.346 e. The van der Waals surface area contributed by atoms with Gasteiger partial charge in [-0.25, -0.2) is 19.9 Å². The molecule has 0 aliphatic carbocycles. The fraction of sp³-hybridized carbons (Fsp3) is 0.0556. The van der Waals surface area contributed by atoms with Crippen LogP contribution >= 0.6 is 0 Å². The SMILES string of the molecule is O=C(ONc1cccc(-c2ccn(-c3ccnc4[nH]ccc34)n2)c1)C(F)(F)F. The van der Waals surface area contributed by atoms with Crippen LogP contribution < -0.4 is 5.48 Å². The van der Waals surface area contributed by atoms with E-state index < -0.39 is 12.1 Å². The average Bonchev–Trinajstić information content (AvgIpc) is 3.34. The van der Waals surface area contributed by atoms with Gasteiger partial charge in [-0.05, 0) is 30.3 Å². The van der Waals surface area contributed by atoms with Gasteiger partial charge in [0.25, 0.3) is 0 Å². The molecule has 0 saturated heterocycles. The standard InChI is InChI=1S/C18H12F3N5O2/c19-18(20,21)17(27)28-25-12-3-1-2-11(10-12)14-6-9-26(24-14)15-5-8-23-16-13(15)4-7-22-16/h1-10,25H,(H,22,23). The van der Waals surface area contributed by atoms with Crippen molar-refractivity contribution < 1.29 is 22.8 Å². The van der Waals surface area contributed by atoms with Gasteiger partial charge in [0.1, 0.15) is 5.65 Å². The van der Waals surface area contributed by atoms with Crippen molar-refractivity contribution in [3.8, 4) is 16.9 Å². The van der Waals surface area contributed by atoms with Crippen molar-refractivity contribution in [1.82, 2.24) is 19.7 Å². The summed E-state index contributed by atoms with van der Waals surface area (Å²) in [4.78, 5) is 22.1. The fourth-order valence-corrected chi connectivity index (χ4v) is 2.66. The summed E-state index contributed by atoms with van der Waals surface area (Å²) in [6, 6.07) is 11.8. The third-order valence-electron chi connectivity index (χ3n) is 3.92. The molecule has 0 amide bonds. The van der Waals surface area contributed by atoms with E-state index in [1.54, 1.807) is 41.5 Å². The number of aromatic nitrogens is 4. The number of pyridine rings is 1. The molecule has 142 valence electrons. The van der Waals surface area contributed by atoms with Gasteiger partial charge in [-0.15, -0.1) is 0 Å². The van der Waals surface area contributed by atoms with E-state index in [0.717, 1.165) is 16.7 Å². The molecule has 0 atom stereocenters. The zero-order valence-corrected chi connectivity index (χ0v) is 14.1. The Kier molecular flexibility index (Phi) is 4.22. The van der Waals surface area contributed by atoms with Crippen LogP contribution in [0.25, 0.3) is 28.0 Å². The van der Waals surface area contributed by atoms with Crippen molar-refractivity contribution in [1.29, 1.82) is 0 Å². The molecule has 0 bridgehead atoms. The maximum atomic E-state index is 12.2. The zero-order valence-electron chi connectivity index (χ0n) is 14.1. The largest absolute Gasteiger partial charge is 0.493 e. The first kappa shape index (κ1) is 17.6. The zero-order chi connectivity index (χ0) is 19.7. The highest BCUT2D eigenvalue weighted by Crippen LogP contribution is 2.25. The highest BCUT2D eigenvalue weighted by Gasteiger charge is 2.41. The Morgan fingerprint density at radius 3 is 2.86 bits per heavy atom. The van der Waals surface area contributed by atoms with Gasteiger partial charge >= 0.3 is 12.1 Å². The van der Waals surface area contributed by atoms with Gasteiger partial charge in [0.15, 0.2) is 0 Å². The van der Waals surface area contributed by atoms with E-state index in [0.29, 0.717) is 11.3 Å². The molecule has 28 heavy (non-hydrogen) atoms. The molecule has 4 aromatic rings. The van der Waals surface area contributed by atoms with Crippen LogP contribution in [0.15, 0.2) is 61.1 Å². The monoisotopic (exact) mass is 387 g/mol. The number of aromatic amines is 1. The maximum Gasteiger partial charge on any atom is 0.493 e. The highest BCUT2D eigenvalue weighted by molar-refractivity contribution is 5.84. The summed E-state index contributed by atoms with van der Waals surface area (Å²) in [5, 5.41) is 5.41. The number of hydrogen-bond acceptors (Lipinski definition) is 5. The highest BCUT2D eigenvalue weighted by atomic mass is 19.4. The molecule has 2 N–H and O–H groups in total. The van der Waals surface area contributed by atoms with Gasteiger partial charge in [0.2, 0.25) is 0 Å². The molecule has 3 heterocycles. The van der Waals surface area contributed by atoms with Crippen LogP contribution in [0, 0.1) is 0 Å². The van der Waals surface area contributed by atoms with Crippen molar-refractivity contribution >= 4 is 22.7 Å². The lowest BCUT2D eigenvalue weighted by Crippen LogP contribution is -2.27. The number of rotatable bonds is 4. The van der Waals surface area contributed by atoms with E-state index in [4.69, 9.17) is 0 Å². The summed E-state index contributed by atoms with van der Waals surface area (Å²) in [7, 11) is 0. The van der Waals surface area contributed by atoms with Crippen molar-refractivity contribution in [3.05, 3.63) is 61.1 Å². The molecule has 0 aliphatic heterocycles.